The highest BCUT2D eigenvalue weighted by molar-refractivity contribution is 7.13. The summed E-state index contributed by atoms with van der Waals surface area (Å²) >= 11 is 1.44. The highest BCUT2D eigenvalue weighted by Crippen LogP contribution is 2.36. The Hall–Kier alpha value is -2.08. The van der Waals surface area contributed by atoms with E-state index in [4.69, 9.17) is 4.98 Å². The van der Waals surface area contributed by atoms with E-state index in [0.717, 1.165) is 36.1 Å². The molecule has 3 heterocycles. The van der Waals surface area contributed by atoms with Crippen LogP contribution in [0.1, 0.15) is 38.4 Å². The quantitative estimate of drug-likeness (QED) is 0.737. The van der Waals surface area contributed by atoms with Crippen molar-refractivity contribution in [3.8, 4) is 10.7 Å². The Labute approximate surface area is 138 Å². The zero-order valence-electron chi connectivity index (χ0n) is 13.2. The van der Waals surface area contributed by atoms with E-state index in [1.165, 1.54) is 11.3 Å². The van der Waals surface area contributed by atoms with E-state index in [1.807, 2.05) is 22.1 Å². The Morgan fingerprint density at radius 1 is 1.30 bits per heavy atom. The minimum Gasteiger partial charge on any atom is -0.286 e. The number of nitrogens with zero attached hydrogens (tertiary/aromatic N) is 4. The first-order valence-electron chi connectivity index (χ1n) is 7.95. The summed E-state index contributed by atoms with van der Waals surface area (Å²) in [5, 5.41) is 2.55. The van der Waals surface area contributed by atoms with Crippen LogP contribution in [0.3, 0.4) is 0 Å². The van der Waals surface area contributed by atoms with Crippen LogP contribution in [0, 0.1) is 5.92 Å². The number of pyridine rings is 1. The van der Waals surface area contributed by atoms with Gasteiger partial charge in [0, 0.05) is 23.3 Å². The second-order valence-electron chi connectivity index (χ2n) is 6.45. The summed E-state index contributed by atoms with van der Waals surface area (Å²) in [6, 6.07) is 4.26. The molecule has 0 aliphatic heterocycles. The average molecular weight is 326 g/mol. The Bertz CT molecular complexity index is 910. The third-order valence-electron chi connectivity index (χ3n) is 3.96. The predicted molar refractivity (Wildman–Crippen MR) is 91.7 cm³/mol. The molecular weight excluding hydrogens is 308 g/mol. The van der Waals surface area contributed by atoms with Crippen LogP contribution < -0.4 is 5.56 Å². The lowest BCUT2D eigenvalue weighted by molar-refractivity contribution is 0.633. The summed E-state index contributed by atoms with van der Waals surface area (Å²) in [4.78, 5) is 26.5. The fraction of sp³-hybridized carbons (Fsp3) is 0.412. The molecule has 0 radical (unpaired) electrons. The number of thiazole rings is 1. The maximum absolute atomic E-state index is 12.9. The third-order valence-corrected chi connectivity index (χ3v) is 4.74. The van der Waals surface area contributed by atoms with E-state index in [9.17, 15) is 4.79 Å². The molecule has 1 fully saturated rings. The van der Waals surface area contributed by atoms with Crippen LogP contribution in [0.5, 0.6) is 0 Å². The number of rotatable bonds is 4. The molecule has 1 aliphatic carbocycles. The van der Waals surface area contributed by atoms with Gasteiger partial charge in [-0.15, -0.1) is 11.3 Å². The molecule has 0 saturated heterocycles. The maximum Gasteiger partial charge on any atom is 0.281 e. The smallest absolute Gasteiger partial charge is 0.281 e. The van der Waals surface area contributed by atoms with E-state index >= 15 is 0 Å². The van der Waals surface area contributed by atoms with Crippen molar-refractivity contribution in [3.05, 3.63) is 39.8 Å². The molecule has 1 saturated carbocycles. The molecule has 0 amide bonds. The molecule has 6 heteroatoms. The molecule has 23 heavy (non-hydrogen) atoms. The Morgan fingerprint density at radius 2 is 2.13 bits per heavy atom. The highest BCUT2D eigenvalue weighted by Gasteiger charge is 2.29. The molecule has 0 atom stereocenters. The molecule has 4 rings (SSSR count). The number of hydrogen-bond donors (Lipinski definition) is 0. The van der Waals surface area contributed by atoms with Gasteiger partial charge in [0.1, 0.15) is 10.5 Å². The van der Waals surface area contributed by atoms with E-state index in [1.54, 1.807) is 6.20 Å². The summed E-state index contributed by atoms with van der Waals surface area (Å²) in [6.07, 6.45) is 4.68. The van der Waals surface area contributed by atoms with Crippen molar-refractivity contribution >= 4 is 22.5 Å². The summed E-state index contributed by atoms with van der Waals surface area (Å²) in [7, 11) is 0. The average Bonchev–Trinajstić information content (AvgIpc) is 3.19. The molecule has 3 aromatic rings. The van der Waals surface area contributed by atoms with E-state index in [0.29, 0.717) is 16.6 Å². The standard InChI is InChI=1S/C17H18N4OS/c1-10(2)9-11-3-6-13-15(19-11)21(12-4-5-12)17(22)14(20-13)16-18-7-8-23-16/h3,6-8,10,12H,4-5,9H2,1-2H3. The van der Waals surface area contributed by atoms with E-state index < -0.39 is 0 Å². The first-order chi connectivity index (χ1) is 11.1. The summed E-state index contributed by atoms with van der Waals surface area (Å²) < 4.78 is 1.84. The van der Waals surface area contributed by atoms with Gasteiger partial charge in [0.05, 0.1) is 0 Å². The second-order valence-corrected chi connectivity index (χ2v) is 7.34. The molecule has 0 aromatic carbocycles. The molecule has 1 aliphatic rings. The highest BCUT2D eigenvalue weighted by atomic mass is 32.1. The van der Waals surface area contributed by atoms with Crippen molar-refractivity contribution in [2.24, 2.45) is 5.92 Å². The normalized spacial score (nSPS) is 14.7. The summed E-state index contributed by atoms with van der Waals surface area (Å²) in [6.45, 7) is 4.34. The number of hydrogen-bond acceptors (Lipinski definition) is 5. The molecular formula is C17H18N4OS. The van der Waals surface area contributed by atoms with Gasteiger partial charge in [-0.1, -0.05) is 13.8 Å². The van der Waals surface area contributed by atoms with Gasteiger partial charge in [-0.3, -0.25) is 9.36 Å². The lowest BCUT2D eigenvalue weighted by atomic mass is 10.1. The Morgan fingerprint density at radius 3 is 2.78 bits per heavy atom. The van der Waals surface area contributed by atoms with Gasteiger partial charge in [0.25, 0.3) is 5.56 Å². The van der Waals surface area contributed by atoms with Crippen LogP contribution >= 0.6 is 11.3 Å². The minimum atomic E-state index is -0.0656. The second kappa shape index (κ2) is 5.53. The van der Waals surface area contributed by atoms with Gasteiger partial charge in [-0.05, 0) is 37.3 Å². The van der Waals surface area contributed by atoms with Crippen molar-refractivity contribution < 1.29 is 0 Å². The van der Waals surface area contributed by atoms with Gasteiger partial charge < -0.3 is 0 Å². The summed E-state index contributed by atoms with van der Waals surface area (Å²) in [5.41, 5.74) is 2.89. The van der Waals surface area contributed by atoms with E-state index in [-0.39, 0.29) is 11.6 Å². The van der Waals surface area contributed by atoms with Gasteiger partial charge in [0.2, 0.25) is 0 Å². The molecule has 118 valence electrons. The van der Waals surface area contributed by atoms with Gasteiger partial charge in [-0.2, -0.15) is 0 Å². The van der Waals surface area contributed by atoms with Crippen LogP contribution in [0.2, 0.25) is 0 Å². The first kappa shape index (κ1) is 14.5. The molecule has 0 spiro atoms. The van der Waals surface area contributed by atoms with Crippen molar-refractivity contribution in [2.75, 3.05) is 0 Å². The number of aromatic nitrogens is 4. The van der Waals surface area contributed by atoms with Crippen LogP contribution in [-0.4, -0.2) is 19.5 Å². The number of fused-ring (bicyclic) bond motifs is 1. The zero-order chi connectivity index (χ0) is 16.0. The van der Waals surface area contributed by atoms with E-state index in [2.05, 4.69) is 23.8 Å². The molecule has 0 bridgehead atoms. The summed E-state index contributed by atoms with van der Waals surface area (Å²) in [5.74, 6) is 0.531. The van der Waals surface area contributed by atoms with Gasteiger partial charge in [-0.25, -0.2) is 15.0 Å². The SMILES string of the molecule is CC(C)Cc1ccc2nc(-c3nccs3)c(=O)n(C3CC3)c2n1. The Kier molecular flexibility index (Phi) is 3.49. The minimum absolute atomic E-state index is 0.0656. The molecule has 5 nitrogen and oxygen atoms in total. The van der Waals surface area contributed by atoms with Gasteiger partial charge >= 0.3 is 0 Å². The van der Waals surface area contributed by atoms with Crippen LogP contribution in [0.15, 0.2) is 28.5 Å². The molecule has 3 aromatic heterocycles. The first-order valence-corrected chi connectivity index (χ1v) is 8.83. The third kappa shape index (κ3) is 2.67. The van der Waals surface area contributed by atoms with Crippen molar-refractivity contribution in [3.63, 3.8) is 0 Å². The maximum atomic E-state index is 12.9. The van der Waals surface area contributed by atoms with Gasteiger partial charge in [0.15, 0.2) is 11.3 Å². The molecule has 0 unspecified atom stereocenters. The fourth-order valence-electron chi connectivity index (χ4n) is 2.81. The molecule has 0 N–H and O–H groups in total. The topological polar surface area (TPSA) is 60.7 Å². The van der Waals surface area contributed by atoms with Crippen molar-refractivity contribution in [1.29, 1.82) is 0 Å². The largest absolute Gasteiger partial charge is 0.286 e. The lowest BCUT2D eigenvalue weighted by Gasteiger charge is -2.11. The van der Waals surface area contributed by atoms with Crippen molar-refractivity contribution in [1.82, 2.24) is 19.5 Å². The predicted octanol–water partition coefficient (Wildman–Crippen LogP) is 3.45. The zero-order valence-corrected chi connectivity index (χ0v) is 14.0. The van der Waals surface area contributed by atoms with Crippen molar-refractivity contribution in [2.45, 2.75) is 39.2 Å². The van der Waals surface area contributed by atoms with Crippen LogP contribution in [0.25, 0.3) is 21.9 Å². The Balaban J connectivity index is 1.96. The van der Waals surface area contributed by atoms with Crippen LogP contribution in [-0.2, 0) is 6.42 Å². The monoisotopic (exact) mass is 326 g/mol. The van der Waals surface area contributed by atoms with Crippen LogP contribution in [0.4, 0.5) is 0 Å². The fourth-order valence-corrected chi connectivity index (χ4v) is 3.42. The lowest BCUT2D eigenvalue weighted by Crippen LogP contribution is -2.24.